The van der Waals surface area contributed by atoms with Crippen LogP contribution in [0.3, 0.4) is 0 Å². The van der Waals surface area contributed by atoms with Crippen molar-refractivity contribution in [2.45, 2.75) is 25.8 Å². The van der Waals surface area contributed by atoms with Crippen molar-refractivity contribution in [3.05, 3.63) is 72.2 Å². The Morgan fingerprint density at radius 2 is 1.62 bits per heavy atom. The van der Waals surface area contributed by atoms with Gasteiger partial charge in [0.05, 0.1) is 0 Å². The smallest absolute Gasteiger partial charge is 0.274 e. The van der Waals surface area contributed by atoms with Gasteiger partial charge in [-0.2, -0.15) is 0 Å². The van der Waals surface area contributed by atoms with Gasteiger partial charge in [-0.3, -0.25) is 14.5 Å². The van der Waals surface area contributed by atoms with E-state index in [0.29, 0.717) is 24.7 Å². The van der Waals surface area contributed by atoms with E-state index < -0.39 is 0 Å². The summed E-state index contributed by atoms with van der Waals surface area (Å²) in [6, 6.07) is 16.3. The second kappa shape index (κ2) is 8.55. The average molecular weight is 458 g/mol. The molecule has 2 amide bonds. The molecule has 2 aliphatic heterocycles. The van der Waals surface area contributed by atoms with E-state index in [4.69, 9.17) is 0 Å². The Kier molecular flexibility index (Phi) is 5.37. The Balaban J connectivity index is 1.00. The molecular formula is C27H31N5O2. The lowest BCUT2D eigenvalue weighted by molar-refractivity contribution is -0.135. The molecule has 34 heavy (non-hydrogen) atoms. The molecule has 7 heteroatoms. The molecule has 1 aliphatic carbocycles. The maximum Gasteiger partial charge on any atom is 0.274 e. The summed E-state index contributed by atoms with van der Waals surface area (Å²) in [6.45, 7) is 5.87. The zero-order valence-corrected chi connectivity index (χ0v) is 19.5. The van der Waals surface area contributed by atoms with Crippen LogP contribution in [0.15, 0.2) is 60.9 Å². The van der Waals surface area contributed by atoms with Gasteiger partial charge in [-0.1, -0.05) is 36.4 Å². The highest BCUT2D eigenvalue weighted by Crippen LogP contribution is 2.60. The SMILES string of the molecule is O=C(c1cn2ccccc2n1)N1CCC2(CC1)C[C@@H]2C(=O)N1CCN(Cc2ccccc2)CC1. The molecule has 0 N–H and O–H groups in total. The number of nitrogens with zero attached hydrogens (tertiary/aromatic N) is 5. The van der Waals surface area contributed by atoms with E-state index >= 15 is 0 Å². The molecule has 1 atom stereocenters. The standard InChI is InChI=1S/C27H31N5O2/c33-25(31-16-14-29(15-17-31)19-21-6-2-1-3-7-21)22-18-27(22)9-12-30(13-10-27)26(34)23-20-32-11-5-4-8-24(32)28-23/h1-8,11,20,22H,9-10,12-19H2/t22-/m1/s1. The number of carbonyl (C=O) groups is 2. The molecule has 1 saturated carbocycles. The molecule has 1 spiro atoms. The molecule has 1 aromatic carbocycles. The summed E-state index contributed by atoms with van der Waals surface area (Å²) in [7, 11) is 0. The van der Waals surface area contributed by atoms with Gasteiger partial charge in [0, 0.05) is 64.1 Å². The van der Waals surface area contributed by atoms with Crippen LogP contribution >= 0.6 is 0 Å². The predicted molar refractivity (Wildman–Crippen MR) is 129 cm³/mol. The Morgan fingerprint density at radius 1 is 0.882 bits per heavy atom. The number of fused-ring (bicyclic) bond motifs is 1. The van der Waals surface area contributed by atoms with Crippen molar-refractivity contribution >= 4 is 17.5 Å². The number of aromatic nitrogens is 2. The summed E-state index contributed by atoms with van der Waals surface area (Å²) in [6.07, 6.45) is 6.52. The summed E-state index contributed by atoms with van der Waals surface area (Å²) >= 11 is 0. The van der Waals surface area contributed by atoms with Gasteiger partial charge in [0.25, 0.3) is 5.91 Å². The molecule has 7 nitrogen and oxygen atoms in total. The summed E-state index contributed by atoms with van der Waals surface area (Å²) < 4.78 is 1.88. The predicted octanol–water partition coefficient (Wildman–Crippen LogP) is 2.92. The van der Waals surface area contributed by atoms with Crippen molar-refractivity contribution in [3.8, 4) is 0 Å². The molecule has 3 fully saturated rings. The number of hydrogen-bond donors (Lipinski definition) is 0. The fraction of sp³-hybridized carbons (Fsp3) is 0.444. The highest BCUT2D eigenvalue weighted by molar-refractivity contribution is 5.93. The van der Waals surface area contributed by atoms with Crippen LogP contribution in [0.5, 0.6) is 0 Å². The zero-order chi connectivity index (χ0) is 23.1. The second-order valence-corrected chi connectivity index (χ2v) is 10.1. The highest BCUT2D eigenvalue weighted by Gasteiger charge is 2.59. The lowest BCUT2D eigenvalue weighted by Gasteiger charge is -2.36. The summed E-state index contributed by atoms with van der Waals surface area (Å²) in [5.41, 5.74) is 2.72. The maximum absolute atomic E-state index is 13.2. The van der Waals surface area contributed by atoms with Crippen molar-refractivity contribution in [2.24, 2.45) is 11.3 Å². The Labute approximate surface area is 200 Å². The van der Waals surface area contributed by atoms with Gasteiger partial charge >= 0.3 is 0 Å². The van der Waals surface area contributed by atoms with Gasteiger partial charge in [0.15, 0.2) is 0 Å². The van der Waals surface area contributed by atoms with Crippen molar-refractivity contribution in [2.75, 3.05) is 39.3 Å². The van der Waals surface area contributed by atoms with Crippen LogP contribution in [-0.2, 0) is 11.3 Å². The minimum absolute atomic E-state index is 0.00313. The van der Waals surface area contributed by atoms with Crippen LogP contribution in [0.4, 0.5) is 0 Å². The topological polar surface area (TPSA) is 61.2 Å². The Hall–Kier alpha value is -3.19. The lowest BCUT2D eigenvalue weighted by atomic mass is 9.90. The molecule has 2 aromatic heterocycles. The van der Waals surface area contributed by atoms with Crippen molar-refractivity contribution < 1.29 is 9.59 Å². The van der Waals surface area contributed by atoms with E-state index in [-0.39, 0.29) is 17.2 Å². The number of piperazine rings is 1. The number of carbonyl (C=O) groups excluding carboxylic acids is 2. The molecule has 0 bridgehead atoms. The van der Waals surface area contributed by atoms with Gasteiger partial charge < -0.3 is 14.2 Å². The molecule has 3 aromatic rings. The molecular weight excluding hydrogens is 426 g/mol. The zero-order valence-electron chi connectivity index (χ0n) is 19.5. The number of likely N-dealkylation sites (tertiary alicyclic amines) is 1. The van der Waals surface area contributed by atoms with Crippen LogP contribution in [0.25, 0.3) is 5.65 Å². The van der Waals surface area contributed by atoms with Gasteiger partial charge in [-0.15, -0.1) is 0 Å². The van der Waals surface area contributed by atoms with Crippen LogP contribution in [-0.4, -0.2) is 75.2 Å². The minimum atomic E-state index is -0.00313. The third-order valence-corrected chi connectivity index (χ3v) is 8.05. The van der Waals surface area contributed by atoms with E-state index in [2.05, 4.69) is 39.0 Å². The number of hydrogen-bond acceptors (Lipinski definition) is 4. The number of pyridine rings is 1. The van der Waals surface area contributed by atoms with Gasteiger partial charge in [-0.25, -0.2) is 4.98 Å². The Morgan fingerprint density at radius 3 is 2.35 bits per heavy atom. The molecule has 2 saturated heterocycles. The fourth-order valence-corrected chi connectivity index (χ4v) is 5.79. The number of rotatable bonds is 4. The number of amides is 2. The number of benzene rings is 1. The van der Waals surface area contributed by atoms with E-state index in [0.717, 1.165) is 57.6 Å². The molecule has 0 unspecified atom stereocenters. The Bertz CT molecular complexity index is 1160. The average Bonchev–Trinajstić information content (AvgIpc) is 3.39. The van der Waals surface area contributed by atoms with E-state index in [9.17, 15) is 9.59 Å². The summed E-state index contributed by atoms with van der Waals surface area (Å²) in [5, 5.41) is 0. The number of piperidine rings is 1. The highest BCUT2D eigenvalue weighted by atomic mass is 16.2. The van der Waals surface area contributed by atoms with E-state index in [1.807, 2.05) is 46.0 Å². The molecule has 3 aliphatic rings. The fourth-order valence-electron chi connectivity index (χ4n) is 5.79. The maximum atomic E-state index is 13.2. The summed E-state index contributed by atoms with van der Waals surface area (Å²) in [4.78, 5) is 37.2. The molecule has 6 rings (SSSR count). The van der Waals surface area contributed by atoms with Crippen molar-refractivity contribution in [3.63, 3.8) is 0 Å². The van der Waals surface area contributed by atoms with Crippen LogP contribution in [0.1, 0.15) is 35.3 Å². The lowest BCUT2D eigenvalue weighted by Crippen LogP contribution is -2.49. The molecule has 4 heterocycles. The van der Waals surface area contributed by atoms with Crippen LogP contribution < -0.4 is 0 Å². The molecule has 0 radical (unpaired) electrons. The first kappa shape index (κ1) is 21.4. The van der Waals surface area contributed by atoms with Crippen LogP contribution in [0.2, 0.25) is 0 Å². The third kappa shape index (κ3) is 3.98. The molecule has 176 valence electrons. The van der Waals surface area contributed by atoms with E-state index in [1.54, 1.807) is 0 Å². The monoisotopic (exact) mass is 457 g/mol. The van der Waals surface area contributed by atoms with Crippen molar-refractivity contribution in [1.29, 1.82) is 0 Å². The van der Waals surface area contributed by atoms with Gasteiger partial charge in [0.1, 0.15) is 11.3 Å². The van der Waals surface area contributed by atoms with Gasteiger partial charge in [0.2, 0.25) is 5.91 Å². The first-order valence-electron chi connectivity index (χ1n) is 12.4. The third-order valence-electron chi connectivity index (χ3n) is 8.05. The quantitative estimate of drug-likeness (QED) is 0.605. The first-order chi connectivity index (χ1) is 16.6. The largest absolute Gasteiger partial charge is 0.340 e. The van der Waals surface area contributed by atoms with Crippen molar-refractivity contribution in [1.82, 2.24) is 24.1 Å². The second-order valence-electron chi connectivity index (χ2n) is 10.1. The van der Waals surface area contributed by atoms with E-state index in [1.165, 1.54) is 5.56 Å². The summed E-state index contributed by atoms with van der Waals surface area (Å²) in [5.74, 6) is 0.469. The van der Waals surface area contributed by atoms with Gasteiger partial charge in [-0.05, 0) is 42.4 Å². The normalized spacial score (nSPS) is 22.3. The first-order valence-corrected chi connectivity index (χ1v) is 12.4. The minimum Gasteiger partial charge on any atom is -0.340 e. The number of imidazole rings is 1. The van der Waals surface area contributed by atoms with Crippen LogP contribution in [0, 0.1) is 11.3 Å².